The van der Waals surface area contributed by atoms with Crippen LogP contribution in [0, 0.1) is 0 Å². The maximum absolute atomic E-state index is 12.5. The van der Waals surface area contributed by atoms with Gasteiger partial charge in [-0.25, -0.2) is 4.79 Å². The zero-order valence-corrected chi connectivity index (χ0v) is 18.8. The van der Waals surface area contributed by atoms with Gasteiger partial charge >= 0.3 is 5.97 Å². The van der Waals surface area contributed by atoms with Gasteiger partial charge in [0.15, 0.2) is 0 Å². The van der Waals surface area contributed by atoms with Crippen molar-refractivity contribution < 1.29 is 14.7 Å². The fourth-order valence-electron chi connectivity index (χ4n) is 3.44. The number of nitrogens with one attached hydrogen (secondary N) is 3. The van der Waals surface area contributed by atoms with Crippen LogP contribution < -0.4 is 16.0 Å². The number of hydrogen-bond donors (Lipinski definition) is 4. The summed E-state index contributed by atoms with van der Waals surface area (Å²) in [5, 5.41) is 18.7. The Morgan fingerprint density at radius 1 is 1.00 bits per heavy atom. The second-order valence-corrected chi connectivity index (χ2v) is 7.92. The lowest BCUT2D eigenvalue weighted by atomic mass is 10.1. The van der Waals surface area contributed by atoms with Gasteiger partial charge in [0.25, 0.3) is 5.91 Å². The Bertz CT molecular complexity index is 1020. The lowest BCUT2D eigenvalue weighted by Crippen LogP contribution is -2.41. The van der Waals surface area contributed by atoms with Crippen molar-refractivity contribution in [2.24, 2.45) is 7.05 Å². The van der Waals surface area contributed by atoms with Crippen molar-refractivity contribution in [1.29, 1.82) is 0 Å². The Morgan fingerprint density at radius 2 is 1.82 bits per heavy atom. The lowest BCUT2D eigenvalue weighted by molar-refractivity contribution is -0.139. The predicted molar refractivity (Wildman–Crippen MR) is 126 cm³/mol. The summed E-state index contributed by atoms with van der Waals surface area (Å²) in [5.41, 5.74) is 3.59. The summed E-state index contributed by atoms with van der Waals surface area (Å²) in [6, 6.07) is 16.0. The van der Waals surface area contributed by atoms with Crippen molar-refractivity contribution in [3.8, 4) is 0 Å². The van der Waals surface area contributed by atoms with Crippen molar-refractivity contribution in [1.82, 2.24) is 25.5 Å². The van der Waals surface area contributed by atoms with Gasteiger partial charge in [0.2, 0.25) is 0 Å². The minimum Gasteiger partial charge on any atom is -0.480 e. The van der Waals surface area contributed by atoms with Crippen molar-refractivity contribution >= 4 is 11.9 Å². The fourth-order valence-corrected chi connectivity index (χ4v) is 3.44. The summed E-state index contributed by atoms with van der Waals surface area (Å²) in [7, 11) is 1.98. The summed E-state index contributed by atoms with van der Waals surface area (Å²) >= 11 is 0. The maximum Gasteiger partial charge on any atom is 0.326 e. The van der Waals surface area contributed by atoms with E-state index < -0.39 is 12.0 Å². The molecule has 1 aromatic carbocycles. The van der Waals surface area contributed by atoms with Crippen LogP contribution in [-0.4, -0.2) is 39.1 Å². The van der Waals surface area contributed by atoms with Gasteiger partial charge in [-0.2, -0.15) is 0 Å². The van der Waals surface area contributed by atoms with E-state index in [0.29, 0.717) is 38.0 Å². The van der Waals surface area contributed by atoms with Crippen molar-refractivity contribution in [2.75, 3.05) is 6.54 Å². The smallest absolute Gasteiger partial charge is 0.326 e. The highest BCUT2D eigenvalue weighted by Crippen LogP contribution is 2.07. The number of benzene rings is 1. The molecule has 0 unspecified atom stereocenters. The van der Waals surface area contributed by atoms with E-state index in [2.05, 4.69) is 20.9 Å². The van der Waals surface area contributed by atoms with E-state index in [1.54, 1.807) is 18.3 Å². The van der Waals surface area contributed by atoms with Crippen LogP contribution in [0.2, 0.25) is 0 Å². The molecule has 8 nitrogen and oxygen atoms in total. The number of hydrogen-bond acceptors (Lipinski definition) is 5. The van der Waals surface area contributed by atoms with Gasteiger partial charge in [-0.15, -0.1) is 0 Å². The molecule has 3 aromatic rings. The SMILES string of the molecule is Cn1cccc1CNCCC[C@H](NC(=O)c1ccc(CNCc2ccccn2)cc1)C(=O)O. The summed E-state index contributed by atoms with van der Waals surface area (Å²) < 4.78 is 2.04. The van der Waals surface area contributed by atoms with E-state index in [1.807, 2.05) is 60.3 Å². The quantitative estimate of drug-likeness (QED) is 0.299. The Balaban J connectivity index is 1.40. The van der Waals surface area contributed by atoms with Gasteiger partial charge in [0, 0.05) is 50.3 Å². The topological polar surface area (TPSA) is 108 Å². The first-order valence-electron chi connectivity index (χ1n) is 11.1. The number of aliphatic carboxylic acids is 1. The standard InChI is InChI=1S/C25H31N5O3/c1-30-15-5-7-22(30)18-26-13-4-8-23(25(32)33)29-24(31)20-11-9-19(10-12-20)16-27-17-21-6-2-3-14-28-21/h2-3,5-7,9-12,14-15,23,26-27H,4,8,13,16-18H2,1H3,(H,29,31)(H,32,33)/t23-/m0/s1. The largest absolute Gasteiger partial charge is 0.480 e. The molecule has 0 spiro atoms. The second kappa shape index (κ2) is 12.5. The highest BCUT2D eigenvalue weighted by Gasteiger charge is 2.20. The van der Waals surface area contributed by atoms with E-state index in [0.717, 1.165) is 23.5 Å². The zero-order valence-electron chi connectivity index (χ0n) is 18.8. The number of rotatable bonds is 13. The Kier molecular flexibility index (Phi) is 9.17. The molecule has 2 aromatic heterocycles. The molecule has 0 fully saturated rings. The van der Waals surface area contributed by atoms with Crippen LogP contribution in [0.25, 0.3) is 0 Å². The van der Waals surface area contributed by atoms with Crippen LogP contribution in [0.4, 0.5) is 0 Å². The van der Waals surface area contributed by atoms with E-state index in [9.17, 15) is 14.7 Å². The van der Waals surface area contributed by atoms with Gasteiger partial charge in [0.05, 0.1) is 5.69 Å². The highest BCUT2D eigenvalue weighted by molar-refractivity contribution is 5.96. The molecule has 0 saturated heterocycles. The van der Waals surface area contributed by atoms with Crippen molar-refractivity contribution in [2.45, 2.75) is 38.5 Å². The molecular formula is C25H31N5O3. The number of carboxylic acids is 1. The number of amides is 1. The summed E-state index contributed by atoms with van der Waals surface area (Å²) in [5.74, 6) is -1.41. The molecule has 174 valence electrons. The third-order valence-corrected chi connectivity index (χ3v) is 5.38. The van der Waals surface area contributed by atoms with Crippen molar-refractivity contribution in [3.63, 3.8) is 0 Å². The second-order valence-electron chi connectivity index (χ2n) is 7.92. The highest BCUT2D eigenvalue weighted by atomic mass is 16.4. The van der Waals surface area contributed by atoms with E-state index in [1.165, 1.54) is 0 Å². The van der Waals surface area contributed by atoms with E-state index in [4.69, 9.17) is 0 Å². The molecule has 1 atom stereocenters. The first kappa shape index (κ1) is 24.2. The number of aryl methyl sites for hydroxylation is 1. The lowest BCUT2D eigenvalue weighted by Gasteiger charge is -2.15. The molecule has 8 heteroatoms. The van der Waals surface area contributed by atoms with Gasteiger partial charge < -0.3 is 25.6 Å². The molecule has 0 aliphatic heterocycles. The minimum atomic E-state index is -1.03. The molecule has 0 saturated carbocycles. The molecule has 4 N–H and O–H groups in total. The van der Waals surface area contributed by atoms with Crippen LogP contribution >= 0.6 is 0 Å². The van der Waals surface area contributed by atoms with Gasteiger partial charge in [-0.1, -0.05) is 18.2 Å². The third-order valence-electron chi connectivity index (χ3n) is 5.38. The van der Waals surface area contributed by atoms with Gasteiger partial charge in [-0.05, 0) is 61.3 Å². The first-order chi connectivity index (χ1) is 16.0. The number of carboxylic acid groups (broad SMARTS) is 1. The van der Waals surface area contributed by atoms with Crippen LogP contribution in [0.3, 0.4) is 0 Å². The summed E-state index contributed by atoms with van der Waals surface area (Å²) in [4.78, 5) is 28.4. The van der Waals surface area contributed by atoms with Gasteiger partial charge in [-0.3, -0.25) is 9.78 Å². The molecule has 33 heavy (non-hydrogen) atoms. The molecule has 3 rings (SSSR count). The number of carbonyl (C=O) groups is 2. The van der Waals surface area contributed by atoms with Crippen LogP contribution in [-0.2, 0) is 31.5 Å². The number of carbonyl (C=O) groups excluding carboxylic acids is 1. The van der Waals surface area contributed by atoms with Crippen LogP contribution in [0.15, 0.2) is 67.0 Å². The van der Waals surface area contributed by atoms with Crippen LogP contribution in [0.5, 0.6) is 0 Å². The molecule has 0 radical (unpaired) electrons. The van der Waals surface area contributed by atoms with E-state index >= 15 is 0 Å². The average molecular weight is 450 g/mol. The normalized spacial score (nSPS) is 11.8. The molecule has 0 bridgehead atoms. The predicted octanol–water partition coefficient (Wildman–Crippen LogP) is 2.46. The Morgan fingerprint density at radius 3 is 2.48 bits per heavy atom. The minimum absolute atomic E-state index is 0.358. The molecule has 0 aliphatic carbocycles. The number of nitrogens with zero attached hydrogens (tertiary/aromatic N) is 2. The van der Waals surface area contributed by atoms with Crippen molar-refractivity contribution in [3.05, 3.63) is 89.5 Å². The zero-order chi connectivity index (χ0) is 23.5. The van der Waals surface area contributed by atoms with Gasteiger partial charge in [0.1, 0.15) is 6.04 Å². The number of aromatic nitrogens is 2. The Labute approximate surface area is 194 Å². The first-order valence-corrected chi connectivity index (χ1v) is 11.1. The summed E-state index contributed by atoms with van der Waals surface area (Å²) in [6.45, 7) is 2.69. The van der Waals surface area contributed by atoms with E-state index in [-0.39, 0.29) is 5.91 Å². The molecular weight excluding hydrogens is 418 g/mol. The molecule has 2 heterocycles. The Hall–Kier alpha value is -3.49. The maximum atomic E-state index is 12.5. The van der Waals surface area contributed by atoms with Crippen LogP contribution in [0.1, 0.15) is 40.2 Å². The number of pyridine rings is 1. The third kappa shape index (κ3) is 7.85. The monoisotopic (exact) mass is 449 g/mol. The summed E-state index contributed by atoms with van der Waals surface area (Å²) in [6.07, 6.45) is 4.74. The molecule has 0 aliphatic rings. The molecule has 1 amide bonds. The average Bonchev–Trinajstić information content (AvgIpc) is 3.23. The fraction of sp³-hybridized carbons (Fsp3) is 0.320.